The summed E-state index contributed by atoms with van der Waals surface area (Å²) in [5, 5.41) is 0. The maximum Gasteiger partial charge on any atom is 0.225 e. The van der Waals surface area contributed by atoms with Crippen LogP contribution in [0.5, 0.6) is 0 Å². The highest BCUT2D eigenvalue weighted by molar-refractivity contribution is 5.80. The average molecular weight is 381 g/mol. The number of piperidine rings is 2. The predicted octanol–water partition coefficient (Wildman–Crippen LogP) is 4.58. The molecule has 0 aromatic carbocycles. The number of hydrogen-bond acceptors (Lipinski definition) is 3. The Hall–Kier alpha value is -0.610. The molecular weight excluding hydrogens is 336 g/mol. The second kappa shape index (κ2) is 12.1. The van der Waals surface area contributed by atoms with E-state index in [1.54, 1.807) is 7.11 Å². The van der Waals surface area contributed by atoms with Gasteiger partial charge in [0.05, 0.1) is 0 Å². The van der Waals surface area contributed by atoms with E-state index in [0.717, 1.165) is 63.6 Å². The van der Waals surface area contributed by atoms with Crippen LogP contribution in [0.25, 0.3) is 0 Å². The minimum atomic E-state index is 0.314. The first-order chi connectivity index (χ1) is 13.2. The van der Waals surface area contributed by atoms with Crippen molar-refractivity contribution in [1.29, 1.82) is 0 Å². The van der Waals surface area contributed by atoms with Gasteiger partial charge in [0.1, 0.15) is 0 Å². The number of ether oxygens (including phenoxy) is 1. The minimum Gasteiger partial charge on any atom is -0.385 e. The summed E-state index contributed by atoms with van der Waals surface area (Å²) in [6.45, 7) is 11.6. The van der Waals surface area contributed by atoms with Gasteiger partial charge in [-0.05, 0) is 69.9 Å². The minimum absolute atomic E-state index is 0.314. The van der Waals surface area contributed by atoms with Gasteiger partial charge in [-0.25, -0.2) is 0 Å². The van der Waals surface area contributed by atoms with Gasteiger partial charge in [0.2, 0.25) is 5.91 Å². The summed E-state index contributed by atoms with van der Waals surface area (Å²) in [7, 11) is 1.78. The van der Waals surface area contributed by atoms with Crippen LogP contribution >= 0.6 is 0 Å². The van der Waals surface area contributed by atoms with Crippen LogP contribution < -0.4 is 0 Å². The average Bonchev–Trinajstić information content (AvgIpc) is 2.68. The quantitative estimate of drug-likeness (QED) is 0.648. The molecule has 0 unspecified atom stereocenters. The molecule has 1 aliphatic carbocycles. The standard InChI is InChI=1S/C21H38N2O2.C2H6/c1-3-4-17-5-10-22(11-6-17)20-15-19(16-20)21(24)23-12-7-18(8-13-23)9-14-25-2;1-2/h17-20H,3-16H2,1-2H3;1-2H3. The molecule has 2 heterocycles. The molecule has 3 aliphatic rings. The first kappa shape index (κ1) is 22.7. The Balaban J connectivity index is 0.00000126. The molecular formula is C23H44N2O2. The Morgan fingerprint density at radius 2 is 1.48 bits per heavy atom. The van der Waals surface area contributed by atoms with Crippen molar-refractivity contribution in [2.45, 2.75) is 84.6 Å². The zero-order valence-corrected chi connectivity index (χ0v) is 18.4. The summed E-state index contributed by atoms with van der Waals surface area (Å²) in [4.78, 5) is 17.6. The SMILES string of the molecule is CC.CCCC1CCN(C2CC(C(=O)N3CCC(CCOC)CC3)C2)CC1. The van der Waals surface area contributed by atoms with E-state index in [2.05, 4.69) is 16.7 Å². The van der Waals surface area contributed by atoms with E-state index >= 15 is 0 Å². The summed E-state index contributed by atoms with van der Waals surface area (Å²) in [5.74, 6) is 2.47. The maximum atomic E-state index is 12.7. The van der Waals surface area contributed by atoms with Crippen LogP contribution in [0, 0.1) is 17.8 Å². The Labute approximate surface area is 168 Å². The number of rotatable bonds is 7. The van der Waals surface area contributed by atoms with Crippen molar-refractivity contribution in [3.8, 4) is 0 Å². The largest absolute Gasteiger partial charge is 0.385 e. The van der Waals surface area contributed by atoms with Gasteiger partial charge in [0.15, 0.2) is 0 Å². The number of nitrogens with zero attached hydrogens (tertiary/aromatic N) is 2. The van der Waals surface area contributed by atoms with Gasteiger partial charge in [-0.15, -0.1) is 0 Å². The second-order valence-corrected chi connectivity index (χ2v) is 8.64. The third-order valence-corrected chi connectivity index (χ3v) is 6.98. The molecule has 158 valence electrons. The van der Waals surface area contributed by atoms with Crippen molar-refractivity contribution >= 4 is 5.91 Å². The van der Waals surface area contributed by atoms with Gasteiger partial charge in [-0.1, -0.05) is 33.6 Å². The normalized spacial score (nSPS) is 27.6. The molecule has 0 N–H and O–H groups in total. The van der Waals surface area contributed by atoms with E-state index in [9.17, 15) is 4.79 Å². The lowest BCUT2D eigenvalue weighted by atomic mass is 9.76. The zero-order valence-electron chi connectivity index (χ0n) is 18.4. The van der Waals surface area contributed by atoms with E-state index in [4.69, 9.17) is 4.74 Å². The van der Waals surface area contributed by atoms with Crippen LogP contribution in [0.15, 0.2) is 0 Å². The first-order valence-electron chi connectivity index (χ1n) is 11.7. The predicted molar refractivity (Wildman–Crippen MR) is 113 cm³/mol. The number of hydrogen-bond donors (Lipinski definition) is 0. The van der Waals surface area contributed by atoms with Crippen LogP contribution in [0.2, 0.25) is 0 Å². The third-order valence-electron chi connectivity index (χ3n) is 6.98. The number of carbonyl (C=O) groups is 1. The number of methoxy groups -OCH3 is 1. The van der Waals surface area contributed by atoms with E-state index < -0.39 is 0 Å². The molecule has 0 radical (unpaired) electrons. The molecule has 4 heteroatoms. The van der Waals surface area contributed by atoms with Crippen molar-refractivity contribution < 1.29 is 9.53 Å². The van der Waals surface area contributed by atoms with Crippen molar-refractivity contribution in [2.75, 3.05) is 39.9 Å². The zero-order chi connectivity index (χ0) is 19.6. The number of carbonyl (C=O) groups excluding carboxylic acids is 1. The van der Waals surface area contributed by atoms with Crippen LogP contribution in [0.4, 0.5) is 0 Å². The van der Waals surface area contributed by atoms with Crippen molar-refractivity contribution in [3.63, 3.8) is 0 Å². The Morgan fingerprint density at radius 3 is 2.04 bits per heavy atom. The van der Waals surface area contributed by atoms with Crippen LogP contribution in [0.3, 0.4) is 0 Å². The van der Waals surface area contributed by atoms with Crippen molar-refractivity contribution in [3.05, 3.63) is 0 Å². The lowest BCUT2D eigenvalue weighted by molar-refractivity contribution is -0.142. The molecule has 2 aliphatic heterocycles. The molecule has 27 heavy (non-hydrogen) atoms. The van der Waals surface area contributed by atoms with Crippen LogP contribution in [0.1, 0.15) is 78.6 Å². The molecule has 0 atom stereocenters. The fraction of sp³-hybridized carbons (Fsp3) is 0.957. The van der Waals surface area contributed by atoms with Gasteiger partial charge in [-0.3, -0.25) is 4.79 Å². The van der Waals surface area contributed by atoms with E-state index in [1.807, 2.05) is 13.8 Å². The summed E-state index contributed by atoms with van der Waals surface area (Å²) in [5.41, 5.74) is 0. The summed E-state index contributed by atoms with van der Waals surface area (Å²) < 4.78 is 5.19. The van der Waals surface area contributed by atoms with Gasteiger partial charge in [0.25, 0.3) is 0 Å². The lowest BCUT2D eigenvalue weighted by Crippen LogP contribution is -2.53. The summed E-state index contributed by atoms with van der Waals surface area (Å²) in [6, 6.07) is 0.691. The molecule has 0 spiro atoms. The van der Waals surface area contributed by atoms with Crippen LogP contribution in [-0.2, 0) is 9.53 Å². The second-order valence-electron chi connectivity index (χ2n) is 8.64. The molecule has 4 nitrogen and oxygen atoms in total. The Bertz CT molecular complexity index is 407. The summed E-state index contributed by atoms with van der Waals surface area (Å²) >= 11 is 0. The van der Waals surface area contributed by atoms with E-state index in [-0.39, 0.29) is 0 Å². The highest BCUT2D eigenvalue weighted by atomic mass is 16.5. The van der Waals surface area contributed by atoms with E-state index in [0.29, 0.717) is 17.9 Å². The fourth-order valence-electron chi connectivity index (χ4n) is 5.09. The molecule has 2 saturated heterocycles. The Kier molecular flexibility index (Phi) is 10.1. The molecule has 3 rings (SSSR count). The number of likely N-dealkylation sites (tertiary alicyclic amines) is 2. The fourth-order valence-corrected chi connectivity index (χ4v) is 5.09. The van der Waals surface area contributed by atoms with Gasteiger partial charge >= 0.3 is 0 Å². The molecule has 0 bridgehead atoms. The molecule has 1 amide bonds. The van der Waals surface area contributed by atoms with Crippen molar-refractivity contribution in [1.82, 2.24) is 9.80 Å². The third kappa shape index (κ3) is 6.45. The maximum absolute atomic E-state index is 12.7. The van der Waals surface area contributed by atoms with Gasteiger partial charge < -0.3 is 14.5 Å². The molecule has 0 aromatic rings. The molecule has 1 saturated carbocycles. The highest BCUT2D eigenvalue weighted by Gasteiger charge is 2.41. The lowest BCUT2D eigenvalue weighted by Gasteiger charge is -2.46. The topological polar surface area (TPSA) is 32.8 Å². The van der Waals surface area contributed by atoms with Gasteiger partial charge in [-0.2, -0.15) is 0 Å². The highest BCUT2D eigenvalue weighted by Crippen LogP contribution is 2.36. The molecule has 0 aromatic heterocycles. The number of amides is 1. The smallest absolute Gasteiger partial charge is 0.225 e. The van der Waals surface area contributed by atoms with Crippen LogP contribution in [-0.4, -0.2) is 61.6 Å². The first-order valence-corrected chi connectivity index (χ1v) is 11.7. The van der Waals surface area contributed by atoms with Crippen molar-refractivity contribution in [2.24, 2.45) is 17.8 Å². The van der Waals surface area contributed by atoms with E-state index in [1.165, 1.54) is 38.8 Å². The van der Waals surface area contributed by atoms with Gasteiger partial charge in [0, 0.05) is 38.8 Å². The Morgan fingerprint density at radius 1 is 0.926 bits per heavy atom. The molecule has 3 fully saturated rings. The monoisotopic (exact) mass is 380 g/mol. The summed E-state index contributed by atoms with van der Waals surface area (Å²) in [6.07, 6.45) is 11.2.